The monoisotopic (exact) mass is 292 g/mol. The molecule has 0 saturated heterocycles. The van der Waals surface area contributed by atoms with Gasteiger partial charge in [-0.15, -0.1) is 0 Å². The van der Waals surface area contributed by atoms with E-state index < -0.39 is 5.41 Å². The Hall–Kier alpha value is -2.04. The highest BCUT2D eigenvalue weighted by Crippen LogP contribution is 2.16. The number of rotatable bonds is 7. The van der Waals surface area contributed by atoms with Crippen LogP contribution in [0.2, 0.25) is 0 Å². The molecular formula is C16H24N2O3. The van der Waals surface area contributed by atoms with E-state index in [0.717, 1.165) is 17.7 Å². The number of benzene rings is 1. The molecule has 1 aromatic rings. The van der Waals surface area contributed by atoms with Crippen molar-refractivity contribution in [3.05, 3.63) is 29.8 Å². The summed E-state index contributed by atoms with van der Waals surface area (Å²) in [4.78, 5) is 24.1. The quantitative estimate of drug-likeness (QED) is 0.754. The van der Waals surface area contributed by atoms with Gasteiger partial charge in [-0.2, -0.15) is 0 Å². The van der Waals surface area contributed by atoms with Crippen molar-refractivity contribution in [3.8, 4) is 5.75 Å². The van der Waals surface area contributed by atoms with E-state index in [1.165, 1.54) is 0 Å². The van der Waals surface area contributed by atoms with Crippen LogP contribution in [0.1, 0.15) is 32.8 Å². The van der Waals surface area contributed by atoms with Gasteiger partial charge in [-0.25, -0.2) is 0 Å². The Kier molecular flexibility index (Phi) is 6.21. The Labute approximate surface area is 126 Å². The Morgan fingerprint density at radius 1 is 1.10 bits per heavy atom. The molecule has 0 atom stereocenters. The minimum absolute atomic E-state index is 0.253. The second kappa shape index (κ2) is 7.67. The largest absolute Gasteiger partial charge is 0.497 e. The molecule has 116 valence electrons. The fourth-order valence-corrected chi connectivity index (χ4v) is 1.71. The SMILES string of the molecule is CCCNC(=O)C(C)(C)C(=O)NCc1ccc(OC)cc1. The zero-order valence-corrected chi connectivity index (χ0v) is 13.2. The highest BCUT2D eigenvalue weighted by molar-refractivity contribution is 6.04. The Bertz CT molecular complexity index is 481. The predicted octanol–water partition coefficient (Wildman–Crippen LogP) is 1.86. The highest BCUT2D eigenvalue weighted by Gasteiger charge is 2.35. The van der Waals surface area contributed by atoms with Crippen LogP contribution < -0.4 is 15.4 Å². The van der Waals surface area contributed by atoms with E-state index in [1.807, 2.05) is 31.2 Å². The molecule has 0 aliphatic rings. The lowest BCUT2D eigenvalue weighted by molar-refractivity contribution is -0.141. The van der Waals surface area contributed by atoms with E-state index in [1.54, 1.807) is 21.0 Å². The first-order chi connectivity index (χ1) is 9.91. The first kappa shape index (κ1) is 17.0. The van der Waals surface area contributed by atoms with Gasteiger partial charge in [-0.1, -0.05) is 19.1 Å². The molecule has 2 amide bonds. The van der Waals surface area contributed by atoms with Gasteiger partial charge >= 0.3 is 0 Å². The Morgan fingerprint density at radius 2 is 1.67 bits per heavy atom. The molecule has 5 nitrogen and oxygen atoms in total. The number of nitrogens with one attached hydrogen (secondary N) is 2. The minimum atomic E-state index is -1.08. The zero-order chi connectivity index (χ0) is 15.9. The molecule has 0 radical (unpaired) electrons. The highest BCUT2D eigenvalue weighted by atomic mass is 16.5. The van der Waals surface area contributed by atoms with Gasteiger partial charge in [0.15, 0.2) is 0 Å². The number of carbonyl (C=O) groups is 2. The number of amides is 2. The molecule has 0 heterocycles. The number of carbonyl (C=O) groups excluding carboxylic acids is 2. The van der Waals surface area contributed by atoms with Gasteiger partial charge in [0.2, 0.25) is 11.8 Å². The molecule has 0 aliphatic carbocycles. The fourth-order valence-electron chi connectivity index (χ4n) is 1.71. The summed E-state index contributed by atoms with van der Waals surface area (Å²) >= 11 is 0. The van der Waals surface area contributed by atoms with Crippen LogP contribution in [0.15, 0.2) is 24.3 Å². The van der Waals surface area contributed by atoms with E-state index in [-0.39, 0.29) is 11.8 Å². The third-order valence-corrected chi connectivity index (χ3v) is 3.28. The summed E-state index contributed by atoms with van der Waals surface area (Å²) < 4.78 is 5.08. The van der Waals surface area contributed by atoms with Gasteiger partial charge in [-0.3, -0.25) is 9.59 Å². The smallest absolute Gasteiger partial charge is 0.235 e. The van der Waals surface area contributed by atoms with Crippen molar-refractivity contribution in [1.29, 1.82) is 0 Å². The lowest BCUT2D eigenvalue weighted by Gasteiger charge is -2.22. The van der Waals surface area contributed by atoms with Crippen LogP contribution in [0.25, 0.3) is 0 Å². The van der Waals surface area contributed by atoms with Crippen LogP contribution in [0, 0.1) is 5.41 Å². The van der Waals surface area contributed by atoms with Crippen LogP contribution in [0.3, 0.4) is 0 Å². The standard InChI is InChI=1S/C16H24N2O3/c1-5-10-17-14(19)16(2,3)15(20)18-11-12-6-8-13(21-4)9-7-12/h6-9H,5,10-11H2,1-4H3,(H,17,19)(H,18,20). The average Bonchev–Trinajstić information content (AvgIpc) is 2.50. The summed E-state index contributed by atoms with van der Waals surface area (Å²) in [5, 5.41) is 5.54. The van der Waals surface area contributed by atoms with Crippen molar-refractivity contribution in [2.24, 2.45) is 5.41 Å². The molecule has 0 aliphatic heterocycles. The molecule has 0 saturated carbocycles. The van der Waals surface area contributed by atoms with E-state index in [0.29, 0.717) is 13.1 Å². The molecule has 2 N–H and O–H groups in total. The molecule has 5 heteroatoms. The molecule has 0 aromatic heterocycles. The van der Waals surface area contributed by atoms with Gasteiger partial charge in [0.25, 0.3) is 0 Å². The van der Waals surface area contributed by atoms with Gasteiger partial charge in [-0.05, 0) is 38.0 Å². The van der Waals surface area contributed by atoms with E-state index in [2.05, 4.69) is 10.6 Å². The molecule has 1 rings (SSSR count). The third kappa shape index (κ3) is 4.77. The van der Waals surface area contributed by atoms with E-state index in [9.17, 15) is 9.59 Å². The minimum Gasteiger partial charge on any atom is -0.497 e. The summed E-state index contributed by atoms with van der Waals surface area (Å²) in [6.07, 6.45) is 0.843. The fraction of sp³-hybridized carbons (Fsp3) is 0.500. The van der Waals surface area contributed by atoms with Crippen molar-refractivity contribution in [2.75, 3.05) is 13.7 Å². The molecule has 1 aromatic carbocycles. The first-order valence-electron chi connectivity index (χ1n) is 7.11. The average molecular weight is 292 g/mol. The van der Waals surface area contributed by atoms with Crippen molar-refractivity contribution < 1.29 is 14.3 Å². The Balaban J connectivity index is 2.56. The lowest BCUT2D eigenvalue weighted by atomic mass is 9.91. The maximum absolute atomic E-state index is 12.2. The van der Waals surface area contributed by atoms with E-state index >= 15 is 0 Å². The summed E-state index contributed by atoms with van der Waals surface area (Å²) in [5.41, 5.74) is -0.129. The van der Waals surface area contributed by atoms with Crippen LogP contribution >= 0.6 is 0 Å². The molecule has 0 unspecified atom stereocenters. The lowest BCUT2D eigenvalue weighted by Crippen LogP contribution is -2.47. The van der Waals surface area contributed by atoms with Crippen LogP contribution in [-0.2, 0) is 16.1 Å². The van der Waals surface area contributed by atoms with Crippen molar-refractivity contribution in [2.45, 2.75) is 33.7 Å². The van der Waals surface area contributed by atoms with Gasteiger partial charge in [0.1, 0.15) is 11.2 Å². The summed E-state index contributed by atoms with van der Waals surface area (Å²) in [6, 6.07) is 7.42. The predicted molar refractivity (Wildman–Crippen MR) is 81.9 cm³/mol. The second-order valence-corrected chi connectivity index (χ2v) is 5.41. The summed E-state index contributed by atoms with van der Waals surface area (Å²) in [7, 11) is 1.61. The van der Waals surface area contributed by atoms with Gasteiger partial charge in [0.05, 0.1) is 7.11 Å². The number of methoxy groups -OCH3 is 1. The molecule has 21 heavy (non-hydrogen) atoms. The molecular weight excluding hydrogens is 268 g/mol. The van der Waals surface area contributed by atoms with Gasteiger partial charge in [0, 0.05) is 13.1 Å². The van der Waals surface area contributed by atoms with Gasteiger partial charge < -0.3 is 15.4 Å². The topological polar surface area (TPSA) is 67.4 Å². The van der Waals surface area contributed by atoms with Crippen molar-refractivity contribution >= 4 is 11.8 Å². The number of hydrogen-bond donors (Lipinski definition) is 2. The first-order valence-corrected chi connectivity index (χ1v) is 7.11. The molecule has 0 bridgehead atoms. The number of ether oxygens (including phenoxy) is 1. The maximum atomic E-state index is 12.2. The summed E-state index contributed by atoms with van der Waals surface area (Å²) in [5.74, 6) is 0.229. The van der Waals surface area contributed by atoms with Crippen molar-refractivity contribution in [3.63, 3.8) is 0 Å². The van der Waals surface area contributed by atoms with Crippen LogP contribution in [-0.4, -0.2) is 25.5 Å². The van der Waals surface area contributed by atoms with Crippen LogP contribution in [0.5, 0.6) is 5.75 Å². The van der Waals surface area contributed by atoms with Crippen LogP contribution in [0.4, 0.5) is 0 Å². The normalized spacial score (nSPS) is 10.9. The Morgan fingerprint density at radius 3 is 2.19 bits per heavy atom. The maximum Gasteiger partial charge on any atom is 0.235 e. The molecule has 0 spiro atoms. The number of hydrogen-bond acceptors (Lipinski definition) is 3. The van der Waals surface area contributed by atoms with Crippen molar-refractivity contribution in [1.82, 2.24) is 10.6 Å². The second-order valence-electron chi connectivity index (χ2n) is 5.41. The summed E-state index contributed by atoms with van der Waals surface area (Å²) in [6.45, 7) is 6.18. The van der Waals surface area contributed by atoms with E-state index in [4.69, 9.17) is 4.74 Å². The molecule has 0 fully saturated rings. The third-order valence-electron chi connectivity index (χ3n) is 3.28. The zero-order valence-electron chi connectivity index (χ0n) is 13.2.